The van der Waals surface area contributed by atoms with E-state index in [4.69, 9.17) is 0 Å². The number of quaternary nitrogens is 1. The van der Waals surface area contributed by atoms with Crippen molar-refractivity contribution in [3.63, 3.8) is 0 Å². The summed E-state index contributed by atoms with van der Waals surface area (Å²) in [5.74, 6) is -1.42. The third-order valence-corrected chi connectivity index (χ3v) is 3.88. The van der Waals surface area contributed by atoms with Crippen LogP contribution in [0.5, 0.6) is 0 Å². The van der Waals surface area contributed by atoms with Gasteiger partial charge in [-0.2, -0.15) is 0 Å². The highest BCUT2D eigenvalue weighted by atomic mass is 79.9. The summed E-state index contributed by atoms with van der Waals surface area (Å²) >= 11 is 3.30. The van der Waals surface area contributed by atoms with Gasteiger partial charge in [-0.05, 0) is 12.1 Å². The Morgan fingerprint density at radius 1 is 1.05 bits per heavy atom. The molecule has 2 aromatic rings. The van der Waals surface area contributed by atoms with Gasteiger partial charge in [0.2, 0.25) is 0 Å². The number of carbonyl (C=O) groups is 2. The van der Waals surface area contributed by atoms with Gasteiger partial charge in [-0.15, -0.1) is 0 Å². The van der Waals surface area contributed by atoms with Crippen LogP contribution in [-0.4, -0.2) is 17.8 Å². The maximum absolute atomic E-state index is 12.2. The first-order chi connectivity index (χ1) is 10.6. The first-order valence-electron chi connectivity index (χ1n) is 6.93. The minimum atomic E-state index is -1.22. The summed E-state index contributed by atoms with van der Waals surface area (Å²) in [6, 6.07) is 15.5. The molecule has 0 heterocycles. The molecule has 0 aliphatic rings. The van der Waals surface area contributed by atoms with Crippen LogP contribution in [0, 0.1) is 0 Å². The molecule has 2 rings (SSSR count). The van der Waals surface area contributed by atoms with Gasteiger partial charge in [-0.3, -0.25) is 4.79 Å². The van der Waals surface area contributed by atoms with Crippen molar-refractivity contribution in [3.8, 4) is 0 Å². The minimum Gasteiger partial charge on any atom is -0.544 e. The molecule has 0 amide bonds. The minimum absolute atomic E-state index is 0.0865. The van der Waals surface area contributed by atoms with Crippen molar-refractivity contribution in [2.75, 3.05) is 0 Å². The topological polar surface area (TPSA) is 73.8 Å². The Morgan fingerprint density at radius 2 is 1.68 bits per heavy atom. The number of hydrogen-bond acceptors (Lipinski definition) is 3. The first kappa shape index (κ1) is 16.4. The molecular formula is C17H16BrNO3. The standard InChI is InChI=1S/C17H16BrNO3/c18-14-8-6-13(7-9-14)16(20)10-15(17(21)22)19-11-12-4-2-1-3-5-12/h1-9,15,19H,10-11H2,(H,21,22)/t15-/m0/s1. The lowest BCUT2D eigenvalue weighted by atomic mass is 10.0. The molecule has 2 N–H and O–H groups in total. The Kier molecular flexibility index (Phi) is 5.86. The van der Waals surface area contributed by atoms with E-state index in [2.05, 4.69) is 15.9 Å². The van der Waals surface area contributed by atoms with Crippen molar-refractivity contribution in [1.29, 1.82) is 0 Å². The Balaban J connectivity index is 1.98. The third-order valence-electron chi connectivity index (χ3n) is 3.36. The van der Waals surface area contributed by atoms with Gasteiger partial charge in [-0.1, -0.05) is 58.4 Å². The van der Waals surface area contributed by atoms with E-state index in [1.807, 2.05) is 30.3 Å². The highest BCUT2D eigenvalue weighted by molar-refractivity contribution is 9.10. The van der Waals surface area contributed by atoms with Crippen LogP contribution in [0.1, 0.15) is 22.3 Å². The summed E-state index contributed by atoms with van der Waals surface area (Å²) in [6.07, 6.45) is -0.0865. The fourth-order valence-electron chi connectivity index (χ4n) is 2.11. The van der Waals surface area contributed by atoms with Crippen LogP contribution in [0.2, 0.25) is 0 Å². The molecule has 0 aliphatic heterocycles. The number of hydrogen-bond donors (Lipinski definition) is 1. The van der Waals surface area contributed by atoms with Crippen molar-refractivity contribution in [2.45, 2.75) is 19.0 Å². The average molecular weight is 362 g/mol. The van der Waals surface area contributed by atoms with Crippen molar-refractivity contribution < 1.29 is 20.0 Å². The zero-order chi connectivity index (χ0) is 15.9. The predicted molar refractivity (Wildman–Crippen MR) is 84.0 cm³/mol. The third kappa shape index (κ3) is 4.79. The summed E-state index contributed by atoms with van der Waals surface area (Å²) in [6.45, 7) is 0.493. The van der Waals surface area contributed by atoms with E-state index in [0.29, 0.717) is 12.1 Å². The average Bonchev–Trinajstić information content (AvgIpc) is 2.52. The molecule has 0 unspecified atom stereocenters. The Hall–Kier alpha value is -1.98. The van der Waals surface area contributed by atoms with E-state index in [1.165, 1.54) is 0 Å². The summed E-state index contributed by atoms with van der Waals surface area (Å²) < 4.78 is 0.871. The summed E-state index contributed by atoms with van der Waals surface area (Å²) in [7, 11) is 0. The summed E-state index contributed by atoms with van der Waals surface area (Å²) in [5, 5.41) is 12.9. The largest absolute Gasteiger partial charge is 0.544 e. The molecule has 0 bridgehead atoms. The second kappa shape index (κ2) is 7.87. The van der Waals surface area contributed by atoms with Gasteiger partial charge in [0.1, 0.15) is 12.6 Å². The summed E-state index contributed by atoms with van der Waals surface area (Å²) in [5.41, 5.74) is 1.51. The molecule has 0 aromatic heterocycles. The number of nitrogens with two attached hydrogens (primary N) is 1. The van der Waals surface area contributed by atoms with E-state index in [0.717, 1.165) is 10.0 Å². The second-order valence-corrected chi connectivity index (χ2v) is 5.90. The predicted octanol–water partition coefficient (Wildman–Crippen LogP) is 0.904. The highest BCUT2D eigenvalue weighted by Gasteiger charge is 2.19. The van der Waals surface area contributed by atoms with Gasteiger partial charge in [0.15, 0.2) is 5.78 Å². The SMILES string of the molecule is O=C(C[C@H]([NH2+]Cc1ccccc1)C(=O)[O-])c1ccc(Br)cc1. The lowest BCUT2D eigenvalue weighted by molar-refractivity contribution is -0.697. The molecule has 2 aromatic carbocycles. The zero-order valence-electron chi connectivity index (χ0n) is 11.9. The molecule has 5 heteroatoms. The van der Waals surface area contributed by atoms with E-state index in [9.17, 15) is 14.7 Å². The maximum Gasteiger partial charge on any atom is 0.169 e. The Bertz CT molecular complexity index is 641. The fourth-order valence-corrected chi connectivity index (χ4v) is 2.37. The van der Waals surface area contributed by atoms with Crippen LogP contribution >= 0.6 is 15.9 Å². The number of halogens is 1. The van der Waals surface area contributed by atoms with Gasteiger partial charge >= 0.3 is 0 Å². The molecule has 114 valence electrons. The normalized spacial score (nSPS) is 11.9. The quantitative estimate of drug-likeness (QED) is 0.744. The maximum atomic E-state index is 12.2. The number of carboxylic acids is 1. The van der Waals surface area contributed by atoms with Crippen LogP contribution in [0.3, 0.4) is 0 Å². The van der Waals surface area contributed by atoms with Gasteiger partial charge in [-0.25, -0.2) is 0 Å². The highest BCUT2D eigenvalue weighted by Crippen LogP contribution is 2.12. The Labute approximate surface area is 137 Å². The van der Waals surface area contributed by atoms with E-state index in [-0.39, 0.29) is 12.2 Å². The molecule has 0 saturated heterocycles. The van der Waals surface area contributed by atoms with Crippen molar-refractivity contribution >= 4 is 27.7 Å². The van der Waals surface area contributed by atoms with Gasteiger partial charge < -0.3 is 15.2 Å². The Morgan fingerprint density at radius 3 is 2.27 bits per heavy atom. The van der Waals surface area contributed by atoms with E-state index < -0.39 is 12.0 Å². The van der Waals surface area contributed by atoms with E-state index in [1.54, 1.807) is 29.6 Å². The van der Waals surface area contributed by atoms with Crippen LogP contribution in [0.4, 0.5) is 0 Å². The van der Waals surface area contributed by atoms with Crippen LogP contribution in [0.25, 0.3) is 0 Å². The number of rotatable bonds is 7. The van der Waals surface area contributed by atoms with Crippen LogP contribution in [-0.2, 0) is 11.3 Å². The molecule has 0 aliphatic carbocycles. The monoisotopic (exact) mass is 361 g/mol. The molecular weight excluding hydrogens is 346 g/mol. The second-order valence-electron chi connectivity index (χ2n) is 4.99. The van der Waals surface area contributed by atoms with Crippen LogP contribution in [0.15, 0.2) is 59.1 Å². The lowest BCUT2D eigenvalue weighted by Gasteiger charge is -2.16. The molecule has 0 radical (unpaired) electrons. The van der Waals surface area contributed by atoms with E-state index >= 15 is 0 Å². The summed E-state index contributed by atoms with van der Waals surface area (Å²) in [4.78, 5) is 23.4. The zero-order valence-corrected chi connectivity index (χ0v) is 13.5. The molecule has 0 fully saturated rings. The van der Waals surface area contributed by atoms with Crippen molar-refractivity contribution in [1.82, 2.24) is 0 Å². The number of carboxylic acid groups (broad SMARTS) is 1. The smallest absolute Gasteiger partial charge is 0.169 e. The lowest BCUT2D eigenvalue weighted by Crippen LogP contribution is -2.92. The number of ketones is 1. The van der Waals surface area contributed by atoms with Gasteiger partial charge in [0, 0.05) is 15.6 Å². The van der Waals surface area contributed by atoms with Crippen LogP contribution < -0.4 is 10.4 Å². The fraction of sp³-hybridized carbons (Fsp3) is 0.176. The molecule has 0 saturated carbocycles. The van der Waals surface area contributed by atoms with Gasteiger partial charge in [0.25, 0.3) is 0 Å². The number of aliphatic carboxylic acids is 1. The number of benzene rings is 2. The van der Waals surface area contributed by atoms with Crippen molar-refractivity contribution in [3.05, 3.63) is 70.2 Å². The van der Waals surface area contributed by atoms with Crippen molar-refractivity contribution in [2.24, 2.45) is 0 Å². The molecule has 22 heavy (non-hydrogen) atoms. The molecule has 1 atom stereocenters. The van der Waals surface area contributed by atoms with Gasteiger partial charge in [0.05, 0.1) is 12.4 Å². The molecule has 0 spiro atoms. The first-order valence-corrected chi connectivity index (χ1v) is 7.72. The number of Topliss-reactive ketones (excluding diaryl/α,β-unsaturated/α-hetero) is 1. The molecule has 4 nitrogen and oxygen atoms in total. The number of carbonyl (C=O) groups excluding carboxylic acids is 2.